The van der Waals surface area contributed by atoms with Crippen LogP contribution in [0.3, 0.4) is 0 Å². The topological polar surface area (TPSA) is 48.0 Å². The van der Waals surface area contributed by atoms with E-state index >= 15 is 0 Å². The molecule has 3 heterocycles. The summed E-state index contributed by atoms with van der Waals surface area (Å²) in [6.45, 7) is 4.12. The Morgan fingerprint density at radius 2 is 1.75 bits per heavy atom. The summed E-state index contributed by atoms with van der Waals surface area (Å²) in [5.74, 6) is 0.767. The van der Waals surface area contributed by atoms with Crippen molar-refractivity contribution < 1.29 is 19.0 Å². The van der Waals surface area contributed by atoms with Gasteiger partial charge in [-0.1, -0.05) is 24.3 Å². The number of benzene rings is 1. The van der Waals surface area contributed by atoms with Crippen LogP contribution in [0.15, 0.2) is 24.3 Å². The fourth-order valence-electron chi connectivity index (χ4n) is 5.65. The van der Waals surface area contributed by atoms with Crippen molar-refractivity contribution in [2.24, 2.45) is 11.8 Å². The van der Waals surface area contributed by atoms with Gasteiger partial charge in [0.25, 0.3) is 0 Å². The van der Waals surface area contributed by atoms with Gasteiger partial charge in [-0.05, 0) is 24.0 Å². The maximum absolute atomic E-state index is 12.6. The van der Waals surface area contributed by atoms with E-state index in [0.717, 1.165) is 45.7 Å². The Labute approximate surface area is 171 Å². The monoisotopic (exact) mass is 403 g/mol. The fraction of sp³-hybridized carbons (Fsp3) is 0.682. The third-order valence-corrected chi connectivity index (χ3v) is 8.68. The second-order valence-corrected chi connectivity index (χ2v) is 9.63. The number of ether oxygens (including phenoxy) is 3. The number of thioether (sulfide) groups is 1. The molecule has 5 rings (SSSR count). The van der Waals surface area contributed by atoms with Crippen molar-refractivity contribution in [1.29, 1.82) is 0 Å². The first-order valence-corrected chi connectivity index (χ1v) is 11.5. The molecule has 2 unspecified atom stereocenters. The molecular weight excluding hydrogens is 374 g/mol. The van der Waals surface area contributed by atoms with Crippen LogP contribution in [-0.2, 0) is 19.0 Å². The summed E-state index contributed by atoms with van der Waals surface area (Å²) < 4.78 is 17.4. The Morgan fingerprint density at radius 1 is 1.11 bits per heavy atom. The van der Waals surface area contributed by atoms with E-state index in [1.165, 1.54) is 11.1 Å². The minimum Gasteiger partial charge on any atom is -0.462 e. The summed E-state index contributed by atoms with van der Waals surface area (Å²) >= 11 is 2.06. The molecule has 2 bridgehead atoms. The Morgan fingerprint density at radius 3 is 2.43 bits per heavy atom. The molecule has 0 amide bonds. The van der Waals surface area contributed by atoms with Gasteiger partial charge in [-0.15, -0.1) is 11.8 Å². The van der Waals surface area contributed by atoms with Gasteiger partial charge in [-0.3, -0.25) is 9.69 Å². The van der Waals surface area contributed by atoms with Gasteiger partial charge in [0.15, 0.2) is 0 Å². The zero-order chi connectivity index (χ0) is 19.1. The smallest absolute Gasteiger partial charge is 0.307 e. The maximum Gasteiger partial charge on any atom is 0.307 e. The van der Waals surface area contributed by atoms with E-state index in [-0.39, 0.29) is 18.2 Å². The van der Waals surface area contributed by atoms with Gasteiger partial charge in [-0.25, -0.2) is 0 Å². The van der Waals surface area contributed by atoms with E-state index in [1.807, 2.05) is 7.11 Å². The summed E-state index contributed by atoms with van der Waals surface area (Å²) in [5.41, 5.74) is 2.92. The maximum atomic E-state index is 12.6. The van der Waals surface area contributed by atoms with Crippen molar-refractivity contribution in [3.05, 3.63) is 35.4 Å². The van der Waals surface area contributed by atoms with E-state index < -0.39 is 0 Å². The van der Waals surface area contributed by atoms with Crippen molar-refractivity contribution >= 4 is 17.7 Å². The van der Waals surface area contributed by atoms with E-state index in [9.17, 15) is 4.79 Å². The number of morpholine rings is 1. The van der Waals surface area contributed by atoms with Crippen LogP contribution < -0.4 is 0 Å². The fourth-order valence-corrected chi connectivity index (χ4v) is 7.76. The van der Waals surface area contributed by atoms with Gasteiger partial charge >= 0.3 is 5.97 Å². The first-order valence-electron chi connectivity index (χ1n) is 10.5. The number of carbonyl (C=O) groups excluding carboxylic acids is 1. The van der Waals surface area contributed by atoms with Gasteiger partial charge in [0.05, 0.1) is 25.7 Å². The molecule has 6 atom stereocenters. The number of fused-ring (bicyclic) bond motifs is 8. The van der Waals surface area contributed by atoms with Gasteiger partial charge in [0.2, 0.25) is 0 Å². The van der Waals surface area contributed by atoms with E-state index in [4.69, 9.17) is 14.2 Å². The van der Waals surface area contributed by atoms with Crippen LogP contribution in [0.1, 0.15) is 40.9 Å². The zero-order valence-electron chi connectivity index (χ0n) is 16.4. The Kier molecular flexibility index (Phi) is 5.39. The van der Waals surface area contributed by atoms with Crippen LogP contribution in [0.2, 0.25) is 0 Å². The third-order valence-electron chi connectivity index (χ3n) is 6.96. The highest BCUT2D eigenvalue weighted by Gasteiger charge is 2.59. The van der Waals surface area contributed by atoms with Crippen LogP contribution in [0.5, 0.6) is 0 Å². The molecule has 4 aliphatic rings. The van der Waals surface area contributed by atoms with Crippen molar-refractivity contribution in [2.75, 3.05) is 40.0 Å². The number of nitrogens with zero attached hydrogens (tertiary/aromatic N) is 1. The quantitative estimate of drug-likeness (QED) is 0.704. The first-order chi connectivity index (χ1) is 13.8. The highest BCUT2D eigenvalue weighted by molar-refractivity contribution is 8.00. The molecule has 0 N–H and O–H groups in total. The number of hydrogen-bond donors (Lipinski definition) is 0. The molecule has 5 nitrogen and oxygen atoms in total. The molecule has 2 saturated heterocycles. The Hall–Kier alpha value is -1.08. The summed E-state index contributed by atoms with van der Waals surface area (Å²) in [6, 6.07) is 8.81. The van der Waals surface area contributed by atoms with Crippen molar-refractivity contribution in [1.82, 2.24) is 4.90 Å². The molecule has 3 fully saturated rings. The minimum atomic E-state index is -0.0489. The second-order valence-electron chi connectivity index (χ2n) is 8.34. The summed E-state index contributed by atoms with van der Waals surface area (Å²) in [5, 5.41) is 0.909. The third kappa shape index (κ3) is 3.28. The number of esters is 1. The lowest BCUT2D eigenvalue weighted by atomic mass is 9.66. The van der Waals surface area contributed by atoms with Crippen LogP contribution in [0, 0.1) is 11.8 Å². The van der Waals surface area contributed by atoms with Crippen molar-refractivity contribution in [3.8, 4) is 0 Å². The molecule has 3 aliphatic heterocycles. The molecule has 0 aromatic heterocycles. The lowest BCUT2D eigenvalue weighted by Gasteiger charge is -2.44. The van der Waals surface area contributed by atoms with Crippen LogP contribution in [-0.4, -0.2) is 63.0 Å². The van der Waals surface area contributed by atoms with Gasteiger partial charge < -0.3 is 14.2 Å². The standard InChI is InChI=1S/C22H29NO4S/c1-25-16-6-7-17(27-18(24)8-9-23-10-12-26-13-11-23)20-19(16)21-14-4-2-3-5-15(14)22(20)28-21/h2-5,16-17,19-22H,6-13H2,1H3/t16-,17+,19?,20?,21-,22+/m0/s1. The molecule has 0 radical (unpaired) electrons. The summed E-state index contributed by atoms with van der Waals surface area (Å²) in [4.78, 5) is 14.9. The Balaban J connectivity index is 1.28. The molecule has 6 heteroatoms. The van der Waals surface area contributed by atoms with Gasteiger partial charge in [-0.2, -0.15) is 0 Å². The molecule has 1 aromatic carbocycles. The molecule has 152 valence electrons. The predicted octanol–water partition coefficient (Wildman–Crippen LogP) is 3.20. The summed E-state index contributed by atoms with van der Waals surface area (Å²) in [6.07, 6.45) is 2.65. The van der Waals surface area contributed by atoms with Crippen LogP contribution in [0.25, 0.3) is 0 Å². The lowest BCUT2D eigenvalue weighted by Crippen LogP contribution is -2.46. The normalized spacial score (nSPS) is 36.8. The molecular formula is C22H29NO4S. The number of carbonyl (C=O) groups is 1. The highest BCUT2D eigenvalue weighted by Crippen LogP contribution is 2.70. The second kappa shape index (κ2) is 7.98. The summed E-state index contributed by atoms with van der Waals surface area (Å²) in [7, 11) is 1.83. The molecule has 1 saturated carbocycles. The number of hydrogen-bond acceptors (Lipinski definition) is 6. The largest absolute Gasteiger partial charge is 0.462 e. The molecule has 28 heavy (non-hydrogen) atoms. The molecule has 1 aromatic rings. The average Bonchev–Trinajstić information content (AvgIpc) is 3.32. The zero-order valence-corrected chi connectivity index (χ0v) is 17.2. The first kappa shape index (κ1) is 18.9. The lowest BCUT2D eigenvalue weighted by molar-refractivity contribution is -0.160. The predicted molar refractivity (Wildman–Crippen MR) is 108 cm³/mol. The van der Waals surface area contributed by atoms with Crippen LogP contribution >= 0.6 is 11.8 Å². The van der Waals surface area contributed by atoms with Gasteiger partial charge in [0.1, 0.15) is 6.10 Å². The SMILES string of the molecule is CO[C@H]1CC[C@@H](OC(=O)CCN2CCOCC2)C2C1[C@H]1S[C@@H]2c2ccccc21. The minimum absolute atomic E-state index is 0.0180. The Bertz CT molecular complexity index is 722. The highest BCUT2D eigenvalue weighted by atomic mass is 32.2. The number of methoxy groups -OCH3 is 1. The van der Waals surface area contributed by atoms with E-state index in [2.05, 4.69) is 40.9 Å². The van der Waals surface area contributed by atoms with Crippen molar-refractivity contribution in [2.45, 2.75) is 42.0 Å². The molecule has 1 aliphatic carbocycles. The number of rotatable bonds is 5. The van der Waals surface area contributed by atoms with Gasteiger partial charge in [0, 0.05) is 49.1 Å². The average molecular weight is 404 g/mol. The van der Waals surface area contributed by atoms with Crippen molar-refractivity contribution in [3.63, 3.8) is 0 Å². The van der Waals surface area contributed by atoms with E-state index in [1.54, 1.807) is 0 Å². The molecule has 0 spiro atoms. The van der Waals surface area contributed by atoms with E-state index in [0.29, 0.717) is 28.8 Å². The van der Waals surface area contributed by atoms with Crippen LogP contribution in [0.4, 0.5) is 0 Å².